The molecular formula is C48H94NO8P. The van der Waals surface area contributed by atoms with Crippen LogP contribution in [-0.2, 0) is 27.9 Å². The van der Waals surface area contributed by atoms with E-state index in [4.69, 9.17) is 13.8 Å². The summed E-state index contributed by atoms with van der Waals surface area (Å²) < 4.78 is 27.0. The average Bonchev–Trinajstić information content (AvgIpc) is 3.21. The molecule has 0 aromatic rings. The van der Waals surface area contributed by atoms with Crippen LogP contribution in [0.15, 0.2) is 12.2 Å². The van der Waals surface area contributed by atoms with Crippen LogP contribution in [-0.4, -0.2) is 54.3 Å². The molecule has 0 rings (SSSR count). The number of allylic oxidation sites excluding steroid dienone is 2. The van der Waals surface area contributed by atoms with E-state index in [9.17, 15) is 24.2 Å². The highest BCUT2D eigenvalue weighted by Crippen LogP contribution is 2.42. The number of ether oxygens (including phenoxy) is 1. The molecule has 0 radical (unpaired) electrons. The van der Waals surface area contributed by atoms with Crippen molar-refractivity contribution in [3.63, 3.8) is 0 Å². The minimum atomic E-state index is -4.42. The van der Waals surface area contributed by atoms with Crippen molar-refractivity contribution in [2.75, 3.05) is 26.4 Å². The molecular weight excluding hydrogens is 750 g/mol. The summed E-state index contributed by atoms with van der Waals surface area (Å²) in [4.78, 5) is 34.0. The van der Waals surface area contributed by atoms with Crippen molar-refractivity contribution in [3.05, 3.63) is 12.2 Å². The minimum Gasteiger partial charge on any atom is -0.463 e. The fourth-order valence-corrected chi connectivity index (χ4v) is 7.96. The standard InChI is InChI=1S/C48H94NO8P/c1-3-5-7-9-11-13-15-17-19-21-22-23-24-25-27-29-31-33-35-37-39-41-48(52)55-44-46(50)45-57-58(53,54)56-43-42-49-47(51)40-38-36-34-32-30-28-26-20-18-16-14-12-10-8-6-4-2/h20,26,46,50H,3-19,21-25,27-45H2,1-2H3,(H,49,51)(H,53,54)/b26-20-. The molecule has 0 spiro atoms. The number of hydrogen-bond acceptors (Lipinski definition) is 7. The number of rotatable bonds is 47. The summed E-state index contributed by atoms with van der Waals surface area (Å²) in [6.45, 7) is 3.59. The van der Waals surface area contributed by atoms with Crippen LogP contribution < -0.4 is 5.32 Å². The molecule has 1 amide bonds. The van der Waals surface area contributed by atoms with E-state index in [0.717, 1.165) is 44.9 Å². The van der Waals surface area contributed by atoms with E-state index in [1.165, 1.54) is 180 Å². The molecule has 3 N–H and O–H groups in total. The SMILES string of the molecule is CCCCCCCCC/C=C\CCCCCCCC(=O)NCCOP(=O)(O)OCC(O)COC(=O)CCCCCCCCCCCCCCCCCCCCCCC. The zero-order chi connectivity index (χ0) is 42.5. The zero-order valence-electron chi connectivity index (χ0n) is 38.0. The number of hydrogen-bond donors (Lipinski definition) is 3. The van der Waals surface area contributed by atoms with Crippen LogP contribution in [0.3, 0.4) is 0 Å². The molecule has 0 bridgehead atoms. The molecule has 0 saturated carbocycles. The Labute approximate surface area is 358 Å². The van der Waals surface area contributed by atoms with Crippen LogP contribution in [0.1, 0.15) is 251 Å². The molecule has 0 aromatic carbocycles. The molecule has 0 aliphatic carbocycles. The van der Waals surface area contributed by atoms with Gasteiger partial charge in [0.2, 0.25) is 5.91 Å². The Balaban J connectivity index is 3.53. The Bertz CT molecular complexity index is 964. The van der Waals surface area contributed by atoms with Crippen molar-refractivity contribution in [1.82, 2.24) is 5.32 Å². The zero-order valence-corrected chi connectivity index (χ0v) is 38.9. The van der Waals surface area contributed by atoms with Gasteiger partial charge in [0.1, 0.15) is 12.7 Å². The molecule has 0 aromatic heterocycles. The number of carbonyl (C=O) groups is 2. The molecule has 344 valence electrons. The van der Waals surface area contributed by atoms with Crippen LogP contribution in [0, 0.1) is 0 Å². The third-order valence-corrected chi connectivity index (χ3v) is 11.9. The predicted octanol–water partition coefficient (Wildman–Crippen LogP) is 14.2. The number of phosphoric ester groups is 1. The van der Waals surface area contributed by atoms with E-state index in [2.05, 4.69) is 31.3 Å². The molecule has 0 saturated heterocycles. The van der Waals surface area contributed by atoms with Crippen LogP contribution in [0.5, 0.6) is 0 Å². The fraction of sp³-hybridized carbons (Fsp3) is 0.917. The number of carbonyl (C=O) groups excluding carboxylic acids is 2. The number of aliphatic hydroxyl groups is 1. The average molecular weight is 844 g/mol. The van der Waals surface area contributed by atoms with Crippen LogP contribution in [0.25, 0.3) is 0 Å². The Morgan fingerprint density at radius 1 is 0.517 bits per heavy atom. The van der Waals surface area contributed by atoms with Crippen molar-refractivity contribution in [1.29, 1.82) is 0 Å². The Hall–Kier alpha value is -1.25. The number of unbranched alkanes of at least 4 members (excludes halogenated alkanes) is 32. The van der Waals surface area contributed by atoms with Gasteiger partial charge in [-0.2, -0.15) is 0 Å². The molecule has 2 atom stereocenters. The van der Waals surface area contributed by atoms with Crippen LogP contribution >= 0.6 is 7.82 Å². The van der Waals surface area contributed by atoms with E-state index in [0.29, 0.717) is 6.42 Å². The Morgan fingerprint density at radius 3 is 1.29 bits per heavy atom. The number of nitrogens with one attached hydrogen (secondary N) is 1. The maximum Gasteiger partial charge on any atom is 0.472 e. The number of phosphoric acid groups is 1. The van der Waals surface area contributed by atoms with Crippen molar-refractivity contribution in [2.24, 2.45) is 0 Å². The van der Waals surface area contributed by atoms with Crippen molar-refractivity contribution in [3.8, 4) is 0 Å². The topological polar surface area (TPSA) is 131 Å². The summed E-state index contributed by atoms with van der Waals surface area (Å²) >= 11 is 0. The Morgan fingerprint density at radius 2 is 0.879 bits per heavy atom. The van der Waals surface area contributed by atoms with Gasteiger partial charge in [0.15, 0.2) is 0 Å². The number of amides is 1. The van der Waals surface area contributed by atoms with E-state index in [-0.39, 0.29) is 32.1 Å². The highest BCUT2D eigenvalue weighted by Gasteiger charge is 2.23. The lowest BCUT2D eigenvalue weighted by Gasteiger charge is -2.15. The molecule has 0 fully saturated rings. The first-order chi connectivity index (χ1) is 28.3. The van der Waals surface area contributed by atoms with Gasteiger partial charge in [-0.05, 0) is 38.5 Å². The minimum absolute atomic E-state index is 0.0810. The Kier molecular flexibility index (Phi) is 44.3. The summed E-state index contributed by atoms with van der Waals surface area (Å²) in [5.74, 6) is -0.513. The molecule has 0 aliphatic rings. The summed E-state index contributed by atoms with van der Waals surface area (Å²) in [7, 11) is -4.42. The van der Waals surface area contributed by atoms with Gasteiger partial charge in [0, 0.05) is 19.4 Å². The van der Waals surface area contributed by atoms with Crippen LogP contribution in [0.2, 0.25) is 0 Å². The van der Waals surface area contributed by atoms with Gasteiger partial charge < -0.3 is 20.1 Å². The van der Waals surface area contributed by atoms with E-state index in [1.54, 1.807) is 0 Å². The van der Waals surface area contributed by atoms with Gasteiger partial charge in [-0.3, -0.25) is 18.6 Å². The van der Waals surface area contributed by atoms with Gasteiger partial charge in [-0.1, -0.05) is 212 Å². The molecule has 0 aliphatic heterocycles. The molecule has 0 heterocycles. The van der Waals surface area contributed by atoms with Gasteiger partial charge in [-0.15, -0.1) is 0 Å². The van der Waals surface area contributed by atoms with E-state index in [1.807, 2.05) is 0 Å². The monoisotopic (exact) mass is 844 g/mol. The summed E-state index contributed by atoms with van der Waals surface area (Å²) in [6.07, 6.45) is 48.6. The van der Waals surface area contributed by atoms with Crippen molar-refractivity contribution < 1.29 is 37.9 Å². The lowest BCUT2D eigenvalue weighted by Crippen LogP contribution is -2.27. The maximum atomic E-state index is 12.1. The third kappa shape index (κ3) is 45.8. The van der Waals surface area contributed by atoms with Crippen molar-refractivity contribution in [2.45, 2.75) is 258 Å². The normalized spacial score (nSPS) is 13.2. The van der Waals surface area contributed by atoms with E-state index < -0.39 is 26.5 Å². The highest BCUT2D eigenvalue weighted by atomic mass is 31.2. The highest BCUT2D eigenvalue weighted by molar-refractivity contribution is 7.47. The largest absolute Gasteiger partial charge is 0.472 e. The first kappa shape index (κ1) is 56.8. The lowest BCUT2D eigenvalue weighted by atomic mass is 10.0. The predicted molar refractivity (Wildman–Crippen MR) is 243 cm³/mol. The summed E-state index contributed by atoms with van der Waals surface area (Å²) in [6, 6.07) is 0. The van der Waals surface area contributed by atoms with Gasteiger partial charge in [-0.25, -0.2) is 4.57 Å². The molecule has 9 nitrogen and oxygen atoms in total. The maximum absolute atomic E-state index is 12.1. The third-order valence-electron chi connectivity index (χ3n) is 10.9. The van der Waals surface area contributed by atoms with Crippen molar-refractivity contribution >= 4 is 19.7 Å². The molecule has 58 heavy (non-hydrogen) atoms. The smallest absolute Gasteiger partial charge is 0.463 e. The molecule has 10 heteroatoms. The van der Waals surface area contributed by atoms with Crippen LogP contribution in [0.4, 0.5) is 0 Å². The van der Waals surface area contributed by atoms with Gasteiger partial charge in [0.25, 0.3) is 0 Å². The second-order valence-electron chi connectivity index (χ2n) is 16.8. The number of aliphatic hydroxyl groups excluding tert-OH is 1. The second-order valence-corrected chi connectivity index (χ2v) is 18.2. The lowest BCUT2D eigenvalue weighted by molar-refractivity contribution is -0.147. The number of esters is 1. The summed E-state index contributed by atoms with van der Waals surface area (Å²) in [5, 5.41) is 12.7. The van der Waals surface area contributed by atoms with Gasteiger partial charge in [0.05, 0.1) is 13.2 Å². The van der Waals surface area contributed by atoms with Gasteiger partial charge >= 0.3 is 13.8 Å². The summed E-state index contributed by atoms with van der Waals surface area (Å²) in [5.41, 5.74) is 0. The molecule has 2 unspecified atom stereocenters. The van der Waals surface area contributed by atoms with E-state index >= 15 is 0 Å². The first-order valence-corrected chi connectivity index (χ1v) is 26.2. The quantitative estimate of drug-likeness (QED) is 0.0239. The fourth-order valence-electron chi connectivity index (χ4n) is 7.20. The first-order valence-electron chi connectivity index (χ1n) is 24.7. The second kappa shape index (κ2) is 45.3.